The first-order valence-corrected chi connectivity index (χ1v) is 7.89. The van der Waals surface area contributed by atoms with Crippen LogP contribution in [0.3, 0.4) is 0 Å². The summed E-state index contributed by atoms with van der Waals surface area (Å²) in [6.07, 6.45) is 1.82. The molecule has 0 aliphatic carbocycles. The fourth-order valence-electron chi connectivity index (χ4n) is 2.28. The summed E-state index contributed by atoms with van der Waals surface area (Å²) in [5.41, 5.74) is 1.34. The number of aryl methyl sites for hydroxylation is 1. The molecular weight excluding hydrogens is 315 g/mol. The summed E-state index contributed by atoms with van der Waals surface area (Å²) < 4.78 is 15.4. The first kappa shape index (κ1) is 15.2. The monoisotopic (exact) mass is 326 g/mol. The van der Waals surface area contributed by atoms with E-state index in [1.54, 1.807) is 25.2 Å². The Kier molecular flexibility index (Phi) is 3.84. The Morgan fingerprint density at radius 2 is 2.04 bits per heavy atom. The minimum absolute atomic E-state index is 0.0235. The van der Waals surface area contributed by atoms with E-state index in [9.17, 15) is 9.18 Å². The highest BCUT2D eigenvalue weighted by atomic mass is 32.2. The molecule has 0 bridgehead atoms. The van der Waals surface area contributed by atoms with Crippen LogP contribution in [0.1, 0.15) is 5.56 Å². The van der Waals surface area contributed by atoms with Gasteiger partial charge in [-0.1, -0.05) is 17.8 Å². The zero-order valence-electron chi connectivity index (χ0n) is 12.4. The van der Waals surface area contributed by atoms with Crippen LogP contribution in [0.5, 0.6) is 0 Å². The molecular formula is C16H11FN4OS. The lowest BCUT2D eigenvalue weighted by molar-refractivity contribution is 0.624. The molecule has 7 heteroatoms. The fraction of sp³-hybridized carbons (Fsp3) is 0.125. The maximum absolute atomic E-state index is 13.9. The molecule has 0 saturated carbocycles. The highest BCUT2D eigenvalue weighted by molar-refractivity contribution is 7.98. The lowest BCUT2D eigenvalue weighted by atomic mass is 10.1. The van der Waals surface area contributed by atoms with Crippen LogP contribution >= 0.6 is 11.8 Å². The molecule has 0 spiro atoms. The molecule has 1 aromatic carbocycles. The Morgan fingerprint density at radius 1 is 1.26 bits per heavy atom. The van der Waals surface area contributed by atoms with Crippen molar-refractivity contribution in [3.05, 3.63) is 52.1 Å². The zero-order chi connectivity index (χ0) is 16.6. The smallest absolute Gasteiger partial charge is 0.251 e. The van der Waals surface area contributed by atoms with Gasteiger partial charge in [-0.2, -0.15) is 5.26 Å². The molecule has 0 N–H and O–H groups in total. The van der Waals surface area contributed by atoms with Gasteiger partial charge < -0.3 is 0 Å². The van der Waals surface area contributed by atoms with E-state index in [-0.39, 0.29) is 11.1 Å². The average molecular weight is 326 g/mol. The van der Waals surface area contributed by atoms with E-state index in [1.807, 2.05) is 6.26 Å². The minimum Gasteiger partial charge on any atom is -0.296 e. The number of benzene rings is 1. The van der Waals surface area contributed by atoms with Crippen LogP contribution in [0, 0.1) is 17.1 Å². The SMILES string of the molecule is CSc1nc(-c2ccc(C#N)c(F)c2)c2ccc(=O)n(C)c2n1. The van der Waals surface area contributed by atoms with Crippen molar-refractivity contribution in [3.8, 4) is 17.3 Å². The number of hydrogen-bond donors (Lipinski definition) is 0. The molecule has 3 rings (SSSR count). The molecule has 0 unspecified atom stereocenters. The number of aromatic nitrogens is 3. The summed E-state index contributed by atoms with van der Waals surface area (Å²) in [5, 5.41) is 9.98. The van der Waals surface area contributed by atoms with Crippen LogP contribution in [-0.2, 0) is 7.05 Å². The van der Waals surface area contributed by atoms with E-state index >= 15 is 0 Å². The number of pyridine rings is 1. The van der Waals surface area contributed by atoms with Crippen molar-refractivity contribution in [2.75, 3.05) is 6.26 Å². The van der Waals surface area contributed by atoms with Crippen LogP contribution in [0.2, 0.25) is 0 Å². The highest BCUT2D eigenvalue weighted by Gasteiger charge is 2.14. The van der Waals surface area contributed by atoms with Gasteiger partial charge >= 0.3 is 0 Å². The van der Waals surface area contributed by atoms with Crippen molar-refractivity contribution >= 4 is 22.8 Å². The molecule has 2 aromatic heterocycles. The molecule has 0 saturated heterocycles. The summed E-state index contributed by atoms with van der Waals surface area (Å²) >= 11 is 1.34. The number of rotatable bonds is 2. The molecule has 0 radical (unpaired) electrons. The van der Waals surface area contributed by atoms with Crippen molar-refractivity contribution < 1.29 is 4.39 Å². The zero-order valence-corrected chi connectivity index (χ0v) is 13.2. The fourth-order valence-corrected chi connectivity index (χ4v) is 2.64. The summed E-state index contributed by atoms with van der Waals surface area (Å²) in [6.45, 7) is 0. The third-order valence-corrected chi connectivity index (χ3v) is 4.04. The van der Waals surface area contributed by atoms with Crippen LogP contribution < -0.4 is 5.56 Å². The van der Waals surface area contributed by atoms with Gasteiger partial charge in [-0.3, -0.25) is 9.36 Å². The second-order valence-electron chi connectivity index (χ2n) is 4.83. The minimum atomic E-state index is -0.604. The standard InChI is InChI=1S/C16H11FN4OS/c1-21-13(22)6-5-11-14(19-16(23-2)20-15(11)21)9-3-4-10(8-18)12(17)7-9/h3-7H,1-2H3. The van der Waals surface area contributed by atoms with Gasteiger partial charge in [0.2, 0.25) is 0 Å². The quantitative estimate of drug-likeness (QED) is 0.535. The molecule has 0 atom stereocenters. The predicted octanol–water partition coefficient (Wildman–Crippen LogP) is 2.73. The first-order chi connectivity index (χ1) is 11.0. The number of hydrogen-bond acceptors (Lipinski definition) is 5. The van der Waals surface area contributed by atoms with E-state index in [0.29, 0.717) is 27.4 Å². The maximum atomic E-state index is 13.9. The second kappa shape index (κ2) is 5.82. The molecule has 0 aliphatic rings. The maximum Gasteiger partial charge on any atom is 0.251 e. The summed E-state index contributed by atoms with van der Waals surface area (Å²) in [6, 6.07) is 9.18. The van der Waals surface area contributed by atoms with Crippen molar-refractivity contribution in [1.29, 1.82) is 5.26 Å². The normalized spacial score (nSPS) is 10.7. The Morgan fingerprint density at radius 3 is 2.70 bits per heavy atom. The van der Waals surface area contributed by atoms with Gasteiger partial charge in [0.05, 0.1) is 11.3 Å². The predicted molar refractivity (Wildman–Crippen MR) is 86.7 cm³/mol. The van der Waals surface area contributed by atoms with E-state index in [0.717, 1.165) is 0 Å². The van der Waals surface area contributed by atoms with Crippen LogP contribution in [0.25, 0.3) is 22.3 Å². The summed E-state index contributed by atoms with van der Waals surface area (Å²) in [7, 11) is 1.63. The van der Waals surface area contributed by atoms with Gasteiger partial charge in [0.15, 0.2) is 5.16 Å². The highest BCUT2D eigenvalue weighted by Crippen LogP contribution is 2.28. The molecule has 2 heterocycles. The van der Waals surface area contributed by atoms with Gasteiger partial charge in [0.25, 0.3) is 5.56 Å². The number of nitrogens with zero attached hydrogens (tertiary/aromatic N) is 4. The second-order valence-corrected chi connectivity index (χ2v) is 5.61. The Hall–Kier alpha value is -2.72. The van der Waals surface area contributed by atoms with Crippen LogP contribution in [-0.4, -0.2) is 20.8 Å². The Balaban J connectivity index is 2.37. The average Bonchev–Trinajstić information content (AvgIpc) is 2.57. The third kappa shape index (κ3) is 2.58. The van der Waals surface area contributed by atoms with Gasteiger partial charge in [-0.25, -0.2) is 14.4 Å². The molecule has 0 fully saturated rings. The number of nitriles is 1. The number of thioether (sulfide) groups is 1. The lowest BCUT2D eigenvalue weighted by Gasteiger charge is -2.10. The Labute approximate surface area is 135 Å². The number of fused-ring (bicyclic) bond motifs is 1. The molecule has 0 aliphatic heterocycles. The molecule has 5 nitrogen and oxygen atoms in total. The van der Waals surface area contributed by atoms with Gasteiger partial charge in [0, 0.05) is 24.1 Å². The molecule has 114 valence electrons. The van der Waals surface area contributed by atoms with E-state index < -0.39 is 5.82 Å². The topological polar surface area (TPSA) is 71.6 Å². The third-order valence-electron chi connectivity index (χ3n) is 3.49. The summed E-state index contributed by atoms with van der Waals surface area (Å²) in [4.78, 5) is 20.6. The van der Waals surface area contributed by atoms with E-state index in [4.69, 9.17) is 5.26 Å². The summed E-state index contributed by atoms with van der Waals surface area (Å²) in [5.74, 6) is -0.604. The Bertz CT molecular complexity index is 1020. The molecule has 0 amide bonds. The van der Waals surface area contributed by atoms with E-state index in [1.165, 1.54) is 34.5 Å². The van der Waals surface area contributed by atoms with Gasteiger partial charge in [-0.15, -0.1) is 0 Å². The number of halogens is 1. The van der Waals surface area contributed by atoms with Gasteiger partial charge in [0.1, 0.15) is 17.5 Å². The molecule has 23 heavy (non-hydrogen) atoms. The lowest BCUT2D eigenvalue weighted by Crippen LogP contribution is -2.16. The van der Waals surface area contributed by atoms with Crippen molar-refractivity contribution in [3.63, 3.8) is 0 Å². The van der Waals surface area contributed by atoms with Crippen LogP contribution in [0.4, 0.5) is 4.39 Å². The largest absolute Gasteiger partial charge is 0.296 e. The molecule has 3 aromatic rings. The van der Waals surface area contributed by atoms with Crippen molar-refractivity contribution in [2.24, 2.45) is 7.05 Å². The van der Waals surface area contributed by atoms with Gasteiger partial charge in [-0.05, 0) is 24.5 Å². The van der Waals surface area contributed by atoms with Crippen molar-refractivity contribution in [1.82, 2.24) is 14.5 Å². The van der Waals surface area contributed by atoms with Crippen molar-refractivity contribution in [2.45, 2.75) is 5.16 Å². The first-order valence-electron chi connectivity index (χ1n) is 6.67. The van der Waals surface area contributed by atoms with E-state index in [2.05, 4.69) is 9.97 Å². The van der Waals surface area contributed by atoms with Crippen LogP contribution in [0.15, 0.2) is 40.3 Å².